The van der Waals surface area contributed by atoms with Crippen LogP contribution in [-0.4, -0.2) is 12.5 Å². The predicted octanol–water partition coefficient (Wildman–Crippen LogP) is 4.73. The molecule has 0 saturated heterocycles. The first kappa shape index (κ1) is 17.5. The number of nitrogens with one attached hydrogen (secondary N) is 2. The quantitative estimate of drug-likeness (QED) is 0.832. The number of hydrogen-bond donors (Lipinski definition) is 2. The second-order valence-electron chi connectivity index (χ2n) is 6.80. The lowest BCUT2D eigenvalue weighted by molar-refractivity contribution is 0.102. The van der Waals surface area contributed by atoms with Crippen LogP contribution in [0.15, 0.2) is 48.5 Å². The average Bonchev–Trinajstić information content (AvgIpc) is 2.46. The van der Waals surface area contributed by atoms with Crippen molar-refractivity contribution in [2.75, 3.05) is 11.9 Å². The maximum absolute atomic E-state index is 12.3. The second kappa shape index (κ2) is 7.62. The fraction of sp³-hybridized carbons (Fsp3) is 0.316. The Hall–Kier alpha value is -1.84. The van der Waals surface area contributed by atoms with Gasteiger partial charge in [0.1, 0.15) is 0 Å². The molecule has 2 aromatic carbocycles. The lowest BCUT2D eigenvalue weighted by atomic mass is 9.97. The standard InChI is InChI=1S/C19H23ClN2O/c1-19(2,3)13-21-12-14-7-6-8-15(11-14)22-18(23)16-9-4-5-10-17(16)20/h4-11,21H,12-13H2,1-3H3,(H,22,23). The van der Waals surface area contributed by atoms with E-state index in [9.17, 15) is 4.79 Å². The number of hydrogen-bond acceptors (Lipinski definition) is 2. The summed E-state index contributed by atoms with van der Waals surface area (Å²) in [5, 5.41) is 6.78. The summed E-state index contributed by atoms with van der Waals surface area (Å²) in [5.74, 6) is -0.199. The molecule has 0 aromatic heterocycles. The highest BCUT2D eigenvalue weighted by Crippen LogP contribution is 2.18. The summed E-state index contributed by atoms with van der Waals surface area (Å²) in [6.07, 6.45) is 0. The highest BCUT2D eigenvalue weighted by atomic mass is 35.5. The van der Waals surface area contributed by atoms with E-state index in [2.05, 4.69) is 31.4 Å². The van der Waals surface area contributed by atoms with E-state index >= 15 is 0 Å². The lowest BCUT2D eigenvalue weighted by Crippen LogP contribution is -2.26. The highest BCUT2D eigenvalue weighted by molar-refractivity contribution is 6.34. The zero-order valence-electron chi connectivity index (χ0n) is 13.8. The van der Waals surface area contributed by atoms with Crippen LogP contribution in [0.2, 0.25) is 5.02 Å². The van der Waals surface area contributed by atoms with Crippen LogP contribution in [0.3, 0.4) is 0 Å². The van der Waals surface area contributed by atoms with E-state index in [1.807, 2.05) is 24.3 Å². The van der Waals surface area contributed by atoms with Crippen molar-refractivity contribution in [1.82, 2.24) is 5.32 Å². The lowest BCUT2D eigenvalue weighted by Gasteiger charge is -2.19. The fourth-order valence-electron chi connectivity index (χ4n) is 2.18. The Bertz CT molecular complexity index is 677. The molecule has 23 heavy (non-hydrogen) atoms. The largest absolute Gasteiger partial charge is 0.322 e. The molecule has 0 aliphatic heterocycles. The molecule has 4 heteroatoms. The van der Waals surface area contributed by atoms with Crippen LogP contribution >= 0.6 is 11.6 Å². The van der Waals surface area contributed by atoms with Gasteiger partial charge in [-0.2, -0.15) is 0 Å². The van der Waals surface area contributed by atoms with Crippen molar-refractivity contribution >= 4 is 23.2 Å². The van der Waals surface area contributed by atoms with Gasteiger partial charge < -0.3 is 10.6 Å². The minimum absolute atomic E-state index is 0.199. The van der Waals surface area contributed by atoms with E-state index < -0.39 is 0 Å². The molecule has 0 aliphatic carbocycles. The number of rotatable bonds is 5. The molecule has 2 N–H and O–H groups in total. The third-order valence-corrected chi connectivity index (χ3v) is 3.62. The number of carbonyl (C=O) groups excluding carboxylic acids is 1. The Labute approximate surface area is 143 Å². The van der Waals surface area contributed by atoms with Crippen molar-refractivity contribution in [3.05, 3.63) is 64.7 Å². The molecule has 122 valence electrons. The van der Waals surface area contributed by atoms with Gasteiger partial charge in [0, 0.05) is 18.8 Å². The molecule has 0 fully saturated rings. The molecule has 0 aliphatic rings. The topological polar surface area (TPSA) is 41.1 Å². The normalized spacial score (nSPS) is 11.3. The third kappa shape index (κ3) is 5.70. The first-order chi connectivity index (χ1) is 10.8. The van der Waals surface area contributed by atoms with E-state index in [4.69, 9.17) is 11.6 Å². The summed E-state index contributed by atoms with van der Waals surface area (Å²) in [6, 6.07) is 14.9. The molecule has 0 bridgehead atoms. The average molecular weight is 331 g/mol. The van der Waals surface area contributed by atoms with Gasteiger partial charge in [0.25, 0.3) is 5.91 Å². The molecule has 0 atom stereocenters. The van der Waals surface area contributed by atoms with Crippen LogP contribution in [0.1, 0.15) is 36.7 Å². The molecule has 0 spiro atoms. The molecular formula is C19H23ClN2O. The summed E-state index contributed by atoms with van der Waals surface area (Å²) in [4.78, 5) is 12.3. The van der Waals surface area contributed by atoms with E-state index in [1.54, 1.807) is 24.3 Å². The first-order valence-corrected chi connectivity index (χ1v) is 8.08. The van der Waals surface area contributed by atoms with Crippen LogP contribution in [-0.2, 0) is 6.54 Å². The Kier molecular flexibility index (Phi) is 5.80. The zero-order chi connectivity index (χ0) is 16.9. The molecule has 3 nitrogen and oxygen atoms in total. The maximum atomic E-state index is 12.3. The van der Waals surface area contributed by atoms with Crippen LogP contribution in [0.5, 0.6) is 0 Å². The molecule has 0 unspecified atom stereocenters. The SMILES string of the molecule is CC(C)(C)CNCc1cccc(NC(=O)c2ccccc2Cl)c1. The third-order valence-electron chi connectivity index (χ3n) is 3.29. The van der Waals surface area contributed by atoms with Crippen LogP contribution in [0.4, 0.5) is 5.69 Å². The Balaban J connectivity index is 2.00. The van der Waals surface area contributed by atoms with Gasteiger partial charge in [0.15, 0.2) is 0 Å². The monoisotopic (exact) mass is 330 g/mol. The number of benzene rings is 2. The number of carbonyl (C=O) groups is 1. The van der Waals surface area contributed by atoms with Crippen LogP contribution < -0.4 is 10.6 Å². The van der Waals surface area contributed by atoms with E-state index in [0.29, 0.717) is 10.6 Å². The molecule has 2 aromatic rings. The second-order valence-corrected chi connectivity index (χ2v) is 7.21. The van der Waals surface area contributed by atoms with Gasteiger partial charge in [-0.05, 0) is 35.2 Å². The van der Waals surface area contributed by atoms with Gasteiger partial charge in [0.2, 0.25) is 0 Å². The molecule has 1 amide bonds. The van der Waals surface area contributed by atoms with Crippen molar-refractivity contribution in [2.45, 2.75) is 27.3 Å². The Morgan fingerprint density at radius 3 is 2.52 bits per heavy atom. The Morgan fingerprint density at radius 1 is 1.09 bits per heavy atom. The van der Waals surface area contributed by atoms with Crippen LogP contribution in [0.25, 0.3) is 0 Å². The maximum Gasteiger partial charge on any atom is 0.257 e. The first-order valence-electron chi connectivity index (χ1n) is 7.71. The van der Waals surface area contributed by atoms with Crippen molar-refractivity contribution in [1.29, 1.82) is 0 Å². The Morgan fingerprint density at radius 2 is 1.83 bits per heavy atom. The zero-order valence-corrected chi connectivity index (χ0v) is 14.6. The van der Waals surface area contributed by atoms with Crippen molar-refractivity contribution < 1.29 is 4.79 Å². The van der Waals surface area contributed by atoms with Gasteiger partial charge in [0.05, 0.1) is 10.6 Å². The van der Waals surface area contributed by atoms with Crippen molar-refractivity contribution in [3.63, 3.8) is 0 Å². The number of amides is 1. The van der Waals surface area contributed by atoms with E-state index in [-0.39, 0.29) is 11.3 Å². The summed E-state index contributed by atoms with van der Waals surface area (Å²) in [6.45, 7) is 8.29. The van der Waals surface area contributed by atoms with Gasteiger partial charge in [-0.1, -0.05) is 56.6 Å². The number of halogens is 1. The number of anilines is 1. The van der Waals surface area contributed by atoms with Gasteiger partial charge in [-0.3, -0.25) is 4.79 Å². The molecule has 0 radical (unpaired) electrons. The molecule has 0 heterocycles. The van der Waals surface area contributed by atoms with Gasteiger partial charge >= 0.3 is 0 Å². The van der Waals surface area contributed by atoms with E-state index in [0.717, 1.165) is 24.3 Å². The van der Waals surface area contributed by atoms with Gasteiger partial charge in [-0.15, -0.1) is 0 Å². The highest BCUT2D eigenvalue weighted by Gasteiger charge is 2.11. The summed E-state index contributed by atoms with van der Waals surface area (Å²) >= 11 is 6.06. The summed E-state index contributed by atoms with van der Waals surface area (Å²) in [7, 11) is 0. The van der Waals surface area contributed by atoms with Crippen molar-refractivity contribution in [3.8, 4) is 0 Å². The van der Waals surface area contributed by atoms with Crippen LogP contribution in [0, 0.1) is 5.41 Å². The van der Waals surface area contributed by atoms with E-state index in [1.165, 1.54) is 0 Å². The molecular weight excluding hydrogens is 308 g/mol. The predicted molar refractivity (Wildman–Crippen MR) is 97.0 cm³/mol. The fourth-order valence-corrected chi connectivity index (χ4v) is 2.41. The summed E-state index contributed by atoms with van der Waals surface area (Å²) in [5.41, 5.74) is 2.62. The minimum Gasteiger partial charge on any atom is -0.322 e. The van der Waals surface area contributed by atoms with Gasteiger partial charge in [-0.25, -0.2) is 0 Å². The summed E-state index contributed by atoms with van der Waals surface area (Å²) < 4.78 is 0. The smallest absolute Gasteiger partial charge is 0.257 e. The molecule has 0 saturated carbocycles. The van der Waals surface area contributed by atoms with Crippen molar-refractivity contribution in [2.24, 2.45) is 5.41 Å². The molecule has 2 rings (SSSR count). The minimum atomic E-state index is -0.199.